The highest BCUT2D eigenvalue weighted by molar-refractivity contribution is 7.80. The summed E-state index contributed by atoms with van der Waals surface area (Å²) in [6.45, 7) is 4.71. The highest BCUT2D eigenvalue weighted by Gasteiger charge is 2.24. The number of piperazine rings is 1. The van der Waals surface area contributed by atoms with Crippen LogP contribution in [0, 0.1) is 10.1 Å². The van der Waals surface area contributed by atoms with E-state index in [1.54, 1.807) is 11.3 Å². The minimum absolute atomic E-state index is 0.0383. The molecule has 0 aliphatic carbocycles. The Labute approximate surface area is 178 Å². The summed E-state index contributed by atoms with van der Waals surface area (Å²) in [5.74, 6) is 0. The molecule has 150 valence electrons. The lowest BCUT2D eigenvalue weighted by molar-refractivity contribution is -0.384. The topological polar surface area (TPSA) is 73.7 Å². The molecule has 1 atom stereocenters. The fourth-order valence-corrected chi connectivity index (χ4v) is 4.32. The lowest BCUT2D eigenvalue weighted by atomic mass is 10.1. The number of hydrogen-bond acceptors (Lipinski definition) is 6. The summed E-state index contributed by atoms with van der Waals surface area (Å²) in [5, 5.41) is 20.0. The van der Waals surface area contributed by atoms with Gasteiger partial charge >= 0.3 is 0 Å². The lowest BCUT2D eigenvalue weighted by Crippen LogP contribution is -2.48. The van der Waals surface area contributed by atoms with Crippen molar-refractivity contribution in [2.45, 2.75) is 6.04 Å². The Bertz CT molecular complexity index is 825. The molecule has 0 spiro atoms. The molecule has 1 fully saturated rings. The maximum absolute atomic E-state index is 11.0. The Morgan fingerprint density at radius 3 is 2.75 bits per heavy atom. The fraction of sp³-hybridized carbons (Fsp3) is 0.389. The molecule has 28 heavy (non-hydrogen) atoms. The zero-order valence-corrected chi connectivity index (χ0v) is 17.8. The zero-order valence-electron chi connectivity index (χ0n) is 15.4. The van der Waals surface area contributed by atoms with Gasteiger partial charge in [-0.1, -0.05) is 17.7 Å². The number of nitrogens with one attached hydrogen (secondary N) is 2. The van der Waals surface area contributed by atoms with Crippen LogP contribution in [0.1, 0.15) is 10.9 Å². The maximum atomic E-state index is 11.0. The first kappa shape index (κ1) is 20.9. The number of thiophene rings is 1. The van der Waals surface area contributed by atoms with Crippen LogP contribution in [0.5, 0.6) is 0 Å². The molecule has 1 aromatic heterocycles. The molecule has 0 radical (unpaired) electrons. The summed E-state index contributed by atoms with van der Waals surface area (Å²) in [4.78, 5) is 16.6. The van der Waals surface area contributed by atoms with Crippen LogP contribution in [-0.4, -0.2) is 59.6 Å². The van der Waals surface area contributed by atoms with E-state index in [4.69, 9.17) is 23.8 Å². The smallest absolute Gasteiger partial charge is 0.271 e. The van der Waals surface area contributed by atoms with Crippen LogP contribution in [0.15, 0.2) is 35.7 Å². The van der Waals surface area contributed by atoms with E-state index in [0.29, 0.717) is 22.4 Å². The van der Waals surface area contributed by atoms with Crippen LogP contribution in [0.25, 0.3) is 0 Å². The number of non-ortho nitro benzene ring substituents is 1. The average molecular weight is 440 g/mol. The van der Waals surface area contributed by atoms with Crippen molar-refractivity contribution in [2.75, 3.05) is 45.1 Å². The van der Waals surface area contributed by atoms with E-state index in [1.165, 1.54) is 23.1 Å². The van der Waals surface area contributed by atoms with Crippen LogP contribution in [0.3, 0.4) is 0 Å². The molecule has 1 aliphatic heterocycles. The van der Waals surface area contributed by atoms with Gasteiger partial charge in [-0.25, -0.2) is 0 Å². The quantitative estimate of drug-likeness (QED) is 0.404. The predicted octanol–water partition coefficient (Wildman–Crippen LogP) is 3.58. The summed E-state index contributed by atoms with van der Waals surface area (Å²) >= 11 is 13.3. The van der Waals surface area contributed by atoms with E-state index >= 15 is 0 Å². The maximum Gasteiger partial charge on any atom is 0.271 e. The monoisotopic (exact) mass is 439 g/mol. The number of benzene rings is 1. The van der Waals surface area contributed by atoms with Crippen molar-refractivity contribution in [3.8, 4) is 0 Å². The minimum atomic E-state index is -0.460. The molecule has 1 aromatic carbocycles. The van der Waals surface area contributed by atoms with Crippen LogP contribution in [-0.2, 0) is 0 Å². The number of nitrogens with zero attached hydrogens (tertiary/aromatic N) is 3. The van der Waals surface area contributed by atoms with E-state index < -0.39 is 4.92 Å². The highest BCUT2D eigenvalue weighted by atomic mass is 35.5. The molecule has 7 nitrogen and oxygen atoms in total. The van der Waals surface area contributed by atoms with Gasteiger partial charge in [-0.15, -0.1) is 11.3 Å². The number of thiocarbonyl (C=S) groups is 1. The van der Waals surface area contributed by atoms with Crippen molar-refractivity contribution in [3.63, 3.8) is 0 Å². The van der Waals surface area contributed by atoms with Gasteiger partial charge in [-0.2, -0.15) is 0 Å². The molecule has 0 amide bonds. The Hall–Kier alpha value is -1.78. The Morgan fingerprint density at radius 2 is 2.11 bits per heavy atom. The summed E-state index contributed by atoms with van der Waals surface area (Å²) in [7, 11) is 2.14. The van der Waals surface area contributed by atoms with Gasteiger partial charge in [0.2, 0.25) is 0 Å². The summed E-state index contributed by atoms with van der Waals surface area (Å²) < 4.78 is 0. The van der Waals surface area contributed by atoms with Crippen molar-refractivity contribution in [1.29, 1.82) is 0 Å². The predicted molar refractivity (Wildman–Crippen MR) is 118 cm³/mol. The second-order valence-electron chi connectivity index (χ2n) is 6.63. The van der Waals surface area contributed by atoms with Gasteiger partial charge in [0.15, 0.2) is 5.11 Å². The number of likely N-dealkylation sites (N-methyl/N-ethyl adjacent to an activating group) is 1. The molecule has 0 bridgehead atoms. The summed E-state index contributed by atoms with van der Waals surface area (Å²) in [6, 6.07) is 8.65. The number of rotatable bonds is 6. The number of halogens is 1. The first-order valence-corrected chi connectivity index (χ1v) is 10.6. The van der Waals surface area contributed by atoms with Gasteiger partial charge in [0.1, 0.15) is 0 Å². The second-order valence-corrected chi connectivity index (χ2v) is 8.42. The van der Waals surface area contributed by atoms with Crippen LogP contribution >= 0.6 is 35.2 Å². The summed E-state index contributed by atoms with van der Waals surface area (Å²) in [5.41, 5.74) is 0.379. The van der Waals surface area contributed by atoms with Crippen LogP contribution in [0.2, 0.25) is 5.02 Å². The van der Waals surface area contributed by atoms with Gasteiger partial charge in [-0.05, 0) is 36.8 Å². The van der Waals surface area contributed by atoms with Crippen molar-refractivity contribution in [2.24, 2.45) is 0 Å². The number of nitro groups is 1. The number of hydrogen-bond donors (Lipinski definition) is 2. The third-order valence-corrected chi connectivity index (χ3v) is 6.26. The second kappa shape index (κ2) is 9.62. The van der Waals surface area contributed by atoms with Gasteiger partial charge in [0, 0.05) is 49.7 Å². The zero-order chi connectivity index (χ0) is 20.1. The molecular weight excluding hydrogens is 418 g/mol. The molecule has 2 aromatic rings. The number of nitro benzene ring substituents is 1. The first-order valence-electron chi connectivity index (χ1n) is 8.89. The molecule has 10 heteroatoms. The lowest BCUT2D eigenvalue weighted by Gasteiger charge is -2.37. The van der Waals surface area contributed by atoms with E-state index in [2.05, 4.69) is 45.0 Å². The third-order valence-electron chi connectivity index (χ3n) is 4.72. The molecular formula is C18H22ClN5O2S2. The summed E-state index contributed by atoms with van der Waals surface area (Å²) in [6.07, 6.45) is 0. The molecule has 1 unspecified atom stereocenters. The minimum Gasteiger partial charge on any atom is -0.360 e. The van der Waals surface area contributed by atoms with E-state index in [-0.39, 0.29) is 11.7 Å². The van der Waals surface area contributed by atoms with E-state index in [9.17, 15) is 10.1 Å². The van der Waals surface area contributed by atoms with E-state index in [1.807, 2.05) is 0 Å². The molecule has 1 saturated heterocycles. The van der Waals surface area contributed by atoms with Crippen molar-refractivity contribution in [1.82, 2.24) is 15.1 Å². The van der Waals surface area contributed by atoms with Gasteiger partial charge in [-0.3, -0.25) is 15.0 Å². The SMILES string of the molecule is CN1CCN(C(CNC(=S)Nc2cc([N+](=O)[O-])ccc2Cl)c2cccs2)CC1. The van der Waals surface area contributed by atoms with Crippen LogP contribution in [0.4, 0.5) is 11.4 Å². The van der Waals surface area contributed by atoms with Gasteiger partial charge in [0.05, 0.1) is 21.7 Å². The fourth-order valence-electron chi connectivity index (χ4n) is 3.10. The average Bonchev–Trinajstić information content (AvgIpc) is 3.19. The third kappa shape index (κ3) is 5.39. The standard InChI is InChI=1S/C18H22ClN5O2S2/c1-22-6-8-23(9-7-22)16(17-3-2-10-28-17)12-20-18(27)21-15-11-13(24(25)26)4-5-14(15)19/h2-5,10-11,16H,6-9,12H2,1H3,(H2,20,21,27). The van der Waals surface area contributed by atoms with Crippen molar-refractivity contribution in [3.05, 3.63) is 55.7 Å². The Kier molecular flexibility index (Phi) is 7.19. The highest BCUT2D eigenvalue weighted by Crippen LogP contribution is 2.27. The van der Waals surface area contributed by atoms with Gasteiger partial charge in [0.25, 0.3) is 5.69 Å². The van der Waals surface area contributed by atoms with Gasteiger partial charge < -0.3 is 15.5 Å². The molecule has 2 heterocycles. The molecule has 3 rings (SSSR count). The molecule has 1 aliphatic rings. The van der Waals surface area contributed by atoms with Crippen molar-refractivity contribution < 1.29 is 4.92 Å². The largest absolute Gasteiger partial charge is 0.360 e. The molecule has 0 saturated carbocycles. The van der Waals surface area contributed by atoms with Crippen LogP contribution < -0.4 is 10.6 Å². The number of anilines is 1. The Morgan fingerprint density at radius 1 is 1.36 bits per heavy atom. The normalized spacial score (nSPS) is 16.5. The first-order chi connectivity index (χ1) is 13.4. The van der Waals surface area contributed by atoms with Crippen molar-refractivity contribution >= 4 is 51.6 Å². The molecule has 2 N–H and O–H groups in total. The van der Waals surface area contributed by atoms with E-state index in [0.717, 1.165) is 26.2 Å². The Balaban J connectivity index is 1.64.